The maximum atomic E-state index is 13.9. The summed E-state index contributed by atoms with van der Waals surface area (Å²) in [6.45, 7) is 2.07. The number of halogens is 3. The van der Waals surface area contributed by atoms with Gasteiger partial charge in [-0.1, -0.05) is 28.7 Å². The van der Waals surface area contributed by atoms with Crippen LogP contribution in [-0.4, -0.2) is 10.5 Å². The molecule has 0 atom stereocenters. The molecule has 0 radical (unpaired) electrons. The van der Waals surface area contributed by atoms with Crippen molar-refractivity contribution >= 4 is 22.6 Å². The lowest BCUT2D eigenvalue weighted by Crippen LogP contribution is -2.27. The Kier molecular flexibility index (Phi) is 6.38. The van der Waals surface area contributed by atoms with Gasteiger partial charge in [-0.25, -0.2) is 4.39 Å². The molecule has 0 heterocycles. The van der Waals surface area contributed by atoms with Crippen molar-refractivity contribution in [1.29, 1.82) is 0 Å². The molecule has 1 aromatic carbocycles. The van der Waals surface area contributed by atoms with E-state index in [1.807, 2.05) is 0 Å². The van der Waals surface area contributed by atoms with Crippen LogP contribution in [0.3, 0.4) is 0 Å². The number of benzene rings is 1. The Morgan fingerprint density at radius 1 is 0.917 bits per heavy atom. The van der Waals surface area contributed by atoms with Crippen molar-refractivity contribution in [2.24, 2.45) is 17.8 Å². The van der Waals surface area contributed by atoms with E-state index in [9.17, 15) is 8.78 Å². The smallest absolute Gasteiger partial charge is 0.200 e. The standard InChI is InChI=1S/C20H27F2IO/c1-13-2-11-18(20(22)19(13)21)24-12-14-3-5-15(6-4-14)16-7-9-17(23)10-8-16/h2,11,14-17H,3-10,12H2,1H3. The maximum Gasteiger partial charge on any atom is 0.200 e. The molecule has 24 heavy (non-hydrogen) atoms. The number of ether oxygens (including phenoxy) is 1. The van der Waals surface area contributed by atoms with Gasteiger partial charge in [-0.3, -0.25) is 0 Å². The minimum atomic E-state index is -0.848. The van der Waals surface area contributed by atoms with E-state index in [2.05, 4.69) is 22.6 Å². The molecule has 0 spiro atoms. The zero-order valence-electron chi connectivity index (χ0n) is 14.4. The normalized spacial score (nSPS) is 31.0. The Morgan fingerprint density at radius 3 is 2.12 bits per heavy atom. The Bertz CT molecular complexity index is 547. The van der Waals surface area contributed by atoms with Crippen LogP contribution < -0.4 is 4.74 Å². The first-order chi connectivity index (χ1) is 11.5. The van der Waals surface area contributed by atoms with E-state index in [4.69, 9.17) is 4.74 Å². The van der Waals surface area contributed by atoms with Crippen molar-refractivity contribution in [3.63, 3.8) is 0 Å². The van der Waals surface area contributed by atoms with Crippen molar-refractivity contribution in [3.8, 4) is 5.75 Å². The van der Waals surface area contributed by atoms with Gasteiger partial charge in [0.15, 0.2) is 11.6 Å². The maximum absolute atomic E-state index is 13.9. The Hall–Kier alpha value is -0.390. The number of hydrogen-bond donors (Lipinski definition) is 0. The predicted octanol–water partition coefficient (Wildman–Crippen LogP) is 6.45. The topological polar surface area (TPSA) is 9.23 Å². The summed E-state index contributed by atoms with van der Waals surface area (Å²) in [6, 6.07) is 3.12. The second-order valence-electron chi connectivity index (χ2n) is 7.61. The molecule has 0 aliphatic heterocycles. The van der Waals surface area contributed by atoms with Crippen LogP contribution in [0.25, 0.3) is 0 Å². The molecule has 4 heteroatoms. The molecule has 2 aliphatic rings. The molecular formula is C20H27F2IO. The number of hydrogen-bond acceptors (Lipinski definition) is 1. The summed E-state index contributed by atoms with van der Waals surface area (Å²) in [5.41, 5.74) is 0.321. The summed E-state index contributed by atoms with van der Waals surface area (Å²) in [7, 11) is 0. The lowest BCUT2D eigenvalue weighted by Gasteiger charge is -2.36. The highest BCUT2D eigenvalue weighted by atomic mass is 127. The van der Waals surface area contributed by atoms with Crippen molar-refractivity contribution in [2.45, 2.75) is 62.2 Å². The van der Waals surface area contributed by atoms with E-state index in [1.54, 1.807) is 19.1 Å². The van der Waals surface area contributed by atoms with E-state index in [0.717, 1.165) is 28.6 Å². The second kappa shape index (κ2) is 8.33. The van der Waals surface area contributed by atoms with E-state index >= 15 is 0 Å². The monoisotopic (exact) mass is 448 g/mol. The van der Waals surface area contributed by atoms with Crippen LogP contribution in [0.1, 0.15) is 56.9 Å². The van der Waals surface area contributed by atoms with Gasteiger partial charge in [-0.15, -0.1) is 0 Å². The molecule has 0 amide bonds. The predicted molar refractivity (Wildman–Crippen MR) is 102 cm³/mol. The largest absolute Gasteiger partial charge is 0.490 e. The highest BCUT2D eigenvalue weighted by Crippen LogP contribution is 2.41. The summed E-state index contributed by atoms with van der Waals surface area (Å²) < 4.78 is 33.9. The number of aryl methyl sites for hydroxylation is 1. The van der Waals surface area contributed by atoms with Crippen LogP contribution >= 0.6 is 22.6 Å². The minimum absolute atomic E-state index is 0.0561. The second-order valence-corrected chi connectivity index (χ2v) is 9.37. The van der Waals surface area contributed by atoms with Gasteiger partial charge in [-0.2, -0.15) is 4.39 Å². The summed E-state index contributed by atoms with van der Waals surface area (Å²) in [6.07, 6.45) is 10.4. The van der Waals surface area contributed by atoms with Crippen molar-refractivity contribution < 1.29 is 13.5 Å². The molecule has 2 saturated carbocycles. The van der Waals surface area contributed by atoms with E-state index in [0.29, 0.717) is 18.1 Å². The van der Waals surface area contributed by atoms with Crippen molar-refractivity contribution in [1.82, 2.24) is 0 Å². The zero-order chi connectivity index (χ0) is 17.1. The van der Waals surface area contributed by atoms with Crippen LogP contribution in [0.2, 0.25) is 0 Å². The van der Waals surface area contributed by atoms with Crippen LogP contribution in [0.5, 0.6) is 5.75 Å². The summed E-state index contributed by atoms with van der Waals surface area (Å²) in [5, 5.41) is 0. The van der Waals surface area contributed by atoms with Gasteiger partial charge in [0.05, 0.1) is 6.61 Å². The van der Waals surface area contributed by atoms with Gasteiger partial charge in [0, 0.05) is 3.92 Å². The first-order valence-corrected chi connectivity index (χ1v) is 10.5. The fourth-order valence-electron chi connectivity index (χ4n) is 4.32. The van der Waals surface area contributed by atoms with E-state index in [1.165, 1.54) is 38.5 Å². The summed E-state index contributed by atoms with van der Waals surface area (Å²) >= 11 is 2.59. The molecule has 0 aromatic heterocycles. The Balaban J connectivity index is 1.45. The van der Waals surface area contributed by atoms with Gasteiger partial charge in [0.25, 0.3) is 0 Å². The molecule has 2 fully saturated rings. The highest BCUT2D eigenvalue weighted by Gasteiger charge is 2.30. The van der Waals surface area contributed by atoms with Crippen molar-refractivity contribution in [3.05, 3.63) is 29.3 Å². The van der Waals surface area contributed by atoms with E-state index < -0.39 is 11.6 Å². The van der Waals surface area contributed by atoms with Gasteiger partial charge < -0.3 is 4.74 Å². The fourth-order valence-corrected chi connectivity index (χ4v) is 5.04. The summed E-state index contributed by atoms with van der Waals surface area (Å²) in [4.78, 5) is 0. The third kappa shape index (κ3) is 4.41. The molecule has 2 aliphatic carbocycles. The lowest BCUT2D eigenvalue weighted by molar-refractivity contribution is 0.135. The van der Waals surface area contributed by atoms with Gasteiger partial charge in [-0.05, 0) is 87.7 Å². The first-order valence-electron chi connectivity index (χ1n) is 9.26. The van der Waals surface area contributed by atoms with Crippen LogP contribution in [0, 0.1) is 36.3 Å². The average molecular weight is 448 g/mol. The number of rotatable bonds is 4. The molecule has 0 bridgehead atoms. The van der Waals surface area contributed by atoms with Crippen molar-refractivity contribution in [2.75, 3.05) is 6.61 Å². The van der Waals surface area contributed by atoms with E-state index in [-0.39, 0.29) is 5.75 Å². The minimum Gasteiger partial charge on any atom is -0.490 e. The molecule has 3 rings (SSSR count). The molecular weight excluding hydrogens is 421 g/mol. The quantitative estimate of drug-likeness (QED) is 0.380. The first kappa shape index (κ1) is 18.4. The highest BCUT2D eigenvalue weighted by molar-refractivity contribution is 14.1. The van der Waals surface area contributed by atoms with Crippen LogP contribution in [0.4, 0.5) is 8.78 Å². The lowest BCUT2D eigenvalue weighted by atomic mass is 9.71. The SMILES string of the molecule is Cc1ccc(OCC2CCC(C3CCC(I)CC3)CC2)c(F)c1F. The Morgan fingerprint density at radius 2 is 1.50 bits per heavy atom. The van der Waals surface area contributed by atoms with Gasteiger partial charge >= 0.3 is 0 Å². The molecule has 0 saturated heterocycles. The molecule has 1 nitrogen and oxygen atoms in total. The number of alkyl halides is 1. The van der Waals surface area contributed by atoms with Gasteiger partial charge in [0.2, 0.25) is 5.82 Å². The fraction of sp³-hybridized carbons (Fsp3) is 0.700. The van der Waals surface area contributed by atoms with Gasteiger partial charge in [0.1, 0.15) is 0 Å². The Labute approximate surface area is 157 Å². The molecule has 0 N–H and O–H groups in total. The molecule has 1 aromatic rings. The van der Waals surface area contributed by atoms with Crippen LogP contribution in [-0.2, 0) is 0 Å². The molecule has 134 valence electrons. The zero-order valence-corrected chi connectivity index (χ0v) is 16.5. The third-order valence-electron chi connectivity index (χ3n) is 5.97. The molecule has 0 unspecified atom stereocenters. The summed E-state index contributed by atoms with van der Waals surface area (Å²) in [5.74, 6) is 0.688. The third-order valence-corrected chi connectivity index (χ3v) is 7.22. The average Bonchev–Trinajstić information content (AvgIpc) is 2.60. The van der Waals surface area contributed by atoms with Crippen LogP contribution in [0.15, 0.2) is 12.1 Å².